The number of imide groups is 1. The van der Waals surface area contributed by atoms with Gasteiger partial charge in [0.1, 0.15) is 16.5 Å². The van der Waals surface area contributed by atoms with Gasteiger partial charge in [0.25, 0.3) is 5.91 Å². The van der Waals surface area contributed by atoms with E-state index in [1.54, 1.807) is 43.3 Å². The molecule has 1 aromatic heterocycles. The van der Waals surface area contributed by atoms with Crippen LogP contribution in [0.5, 0.6) is 5.75 Å². The number of anilines is 1. The van der Waals surface area contributed by atoms with Crippen molar-refractivity contribution in [3.05, 3.63) is 39.8 Å². The van der Waals surface area contributed by atoms with Gasteiger partial charge in [-0.3, -0.25) is 62.5 Å². The number of phenols is 1. The minimum Gasteiger partial charge on any atom is -0.506 e. The number of nitrogens with one attached hydrogen (secondary N) is 4. The fourth-order valence-electron chi connectivity index (χ4n) is 10.1. The lowest BCUT2D eigenvalue weighted by molar-refractivity contribution is -0.150. The number of hydrogen-bond donors (Lipinski definition) is 6. The number of aliphatic carboxylic acids is 1. The molecule has 6 N–H and O–H groups in total. The van der Waals surface area contributed by atoms with Crippen molar-refractivity contribution in [2.75, 3.05) is 66.4 Å². The second kappa shape index (κ2) is 36.2. The van der Waals surface area contributed by atoms with Crippen LogP contribution in [-0.2, 0) is 59.1 Å². The summed E-state index contributed by atoms with van der Waals surface area (Å²) in [6.07, 6.45) is 4.02. The number of likely N-dealkylation sites (N-methyl/N-ethyl adjacent to an activating group) is 2. The van der Waals surface area contributed by atoms with E-state index in [2.05, 4.69) is 26.3 Å². The van der Waals surface area contributed by atoms with E-state index >= 15 is 0 Å². The van der Waals surface area contributed by atoms with E-state index in [-0.39, 0.29) is 141 Å². The third-order valence-electron chi connectivity index (χ3n) is 16.2. The number of likely N-dealkylation sites (tertiary alicyclic amines) is 1. The molecule has 486 valence electrons. The van der Waals surface area contributed by atoms with Gasteiger partial charge in [-0.15, -0.1) is 11.3 Å². The van der Waals surface area contributed by atoms with Crippen LogP contribution in [0.4, 0.5) is 5.69 Å². The fraction of sp³-hybridized carbons (Fsp3) is 0.677. The first-order valence-electron chi connectivity index (χ1n) is 30.2. The molecule has 2 aromatic rings. The number of thioether (sulfide) groups is 1. The first-order valence-corrected chi connectivity index (χ1v) is 32.3. The first kappa shape index (κ1) is 74.9. The third kappa shape index (κ3) is 24.3. The van der Waals surface area contributed by atoms with Crippen LogP contribution in [0.3, 0.4) is 0 Å². The Morgan fingerprint density at radius 2 is 1.55 bits per heavy atom. The molecule has 0 aliphatic carbocycles. The average molecular weight is 1260 g/mol. The Kier molecular flexibility index (Phi) is 31.2. The molecule has 1 saturated heterocycles. The second-order valence-electron chi connectivity index (χ2n) is 24.3. The number of carboxylic acids is 1. The van der Waals surface area contributed by atoms with Crippen LogP contribution in [0.15, 0.2) is 23.6 Å². The molecule has 1 aliphatic heterocycles. The Balaban J connectivity index is 1.71. The van der Waals surface area contributed by atoms with E-state index in [4.69, 9.17) is 4.74 Å². The van der Waals surface area contributed by atoms with E-state index in [0.717, 1.165) is 11.3 Å². The number of nitrogens with zero attached hydrogens (tertiary/aromatic N) is 5. The van der Waals surface area contributed by atoms with Crippen molar-refractivity contribution < 1.29 is 67.7 Å². The number of Topliss-reactive ketones (excluding diaryl/α,β-unsaturated/α-hetero) is 2. The summed E-state index contributed by atoms with van der Waals surface area (Å²) in [5.74, 6) is -6.39. The number of carbonyl (C=O) groups is 11. The second-order valence-corrected chi connectivity index (χ2v) is 26.2. The fourth-order valence-corrected chi connectivity index (χ4v) is 11.6. The SMILES string of the molecule is CC[C@H](C)[C@H](CC(=O)C(C)(C)N(C)C)C(=O)N(C)[C@H](C[C@@H](OC(C)=O)c1nc(C(=O)N[C@@H](Cc2ccc(O)c(NC(=O)CCCCC(=O)[C@H](CCCCNC(=O)CN(C)C)NC(=O)CCCN3C(=O)CC(SC)C3=O)c2)CC(C)C(=O)O)cs1)C(C)C. The van der Waals surface area contributed by atoms with Crippen LogP contribution in [0.2, 0.25) is 0 Å². The zero-order chi connectivity index (χ0) is 65.5. The quantitative estimate of drug-likeness (QED) is 0.0182. The summed E-state index contributed by atoms with van der Waals surface area (Å²) in [7, 11) is 8.90. The first-order chi connectivity index (χ1) is 40.8. The standard InChI is InChI=1S/C62H97N9O14S2/c1-15-38(4)43(32-52(75)62(7,8)69(11)12)59(81)70(13)47(37(2)3)33-50(85-40(6)72)58-67-46(36-87-58)57(80)64-42(29-39(5)61(83)84)30-41-25-26-49(74)45(31-41)66-53(76)23-17-16-22-48(73)44(21-18-19-27-63-55(78)35-68(9)10)65-54(77)24-20-28-71-56(79)34-51(86-14)60(71)82/h25-26,31,36-39,42-44,47,50-51,74H,15-24,27-30,32-35H2,1-14H3,(H,63,78)(H,64,80)(H,65,77)(H,66,76)(H,83,84)/t38-,39?,42+,43-,44-,47+,50+,51?/m0/s1. The molecule has 1 aromatic carbocycles. The molecule has 23 nitrogen and oxygen atoms in total. The van der Waals surface area contributed by atoms with Gasteiger partial charge in [0.2, 0.25) is 35.4 Å². The van der Waals surface area contributed by atoms with Gasteiger partial charge in [0.05, 0.1) is 35.0 Å². The Hall–Kier alpha value is -6.31. The maximum atomic E-state index is 14.4. The smallest absolute Gasteiger partial charge is 0.306 e. The number of carbonyl (C=O) groups excluding carboxylic acids is 10. The van der Waals surface area contributed by atoms with Gasteiger partial charge in [-0.1, -0.05) is 47.1 Å². The van der Waals surface area contributed by atoms with Crippen LogP contribution < -0.4 is 21.3 Å². The van der Waals surface area contributed by atoms with Gasteiger partial charge in [-0.05, 0) is 129 Å². The van der Waals surface area contributed by atoms with Crippen molar-refractivity contribution in [2.45, 2.75) is 187 Å². The zero-order valence-electron chi connectivity index (χ0n) is 53.6. The minimum absolute atomic E-state index is 0.0105. The predicted molar refractivity (Wildman–Crippen MR) is 335 cm³/mol. The molecule has 0 bridgehead atoms. The molecular formula is C62H97N9O14S2. The molecule has 2 unspecified atom stereocenters. The highest BCUT2D eigenvalue weighted by molar-refractivity contribution is 8.00. The third-order valence-corrected chi connectivity index (χ3v) is 18.1. The van der Waals surface area contributed by atoms with Crippen LogP contribution in [0.1, 0.15) is 172 Å². The largest absolute Gasteiger partial charge is 0.506 e. The Morgan fingerprint density at radius 1 is 0.885 bits per heavy atom. The minimum atomic E-state index is -1.09. The van der Waals surface area contributed by atoms with E-state index in [0.29, 0.717) is 49.2 Å². The Morgan fingerprint density at radius 3 is 2.15 bits per heavy atom. The molecule has 0 spiro atoms. The summed E-state index contributed by atoms with van der Waals surface area (Å²) in [5, 5.41) is 33.4. The number of benzene rings is 1. The molecule has 0 saturated carbocycles. The van der Waals surface area contributed by atoms with Crippen molar-refractivity contribution in [1.82, 2.24) is 40.5 Å². The average Bonchev–Trinajstić information content (AvgIpc) is 2.72. The molecule has 2 heterocycles. The van der Waals surface area contributed by atoms with Crippen molar-refractivity contribution in [3.8, 4) is 5.75 Å². The van der Waals surface area contributed by atoms with Crippen LogP contribution in [-0.4, -0.2) is 190 Å². The summed E-state index contributed by atoms with van der Waals surface area (Å²) in [6, 6.07) is 2.37. The normalized spacial score (nSPS) is 16.0. The summed E-state index contributed by atoms with van der Waals surface area (Å²) >= 11 is 2.39. The number of phenolic OH excluding ortho intramolecular Hbond substituents is 1. The van der Waals surface area contributed by atoms with Gasteiger partial charge in [-0.2, -0.15) is 11.8 Å². The highest BCUT2D eigenvalue weighted by Gasteiger charge is 2.40. The van der Waals surface area contributed by atoms with Crippen molar-refractivity contribution >= 4 is 93.6 Å². The Bertz CT molecular complexity index is 2700. The number of unbranched alkanes of at least 4 members (excludes halogenated alkanes) is 2. The lowest BCUT2D eigenvalue weighted by Crippen LogP contribution is -2.50. The van der Waals surface area contributed by atoms with E-state index in [1.807, 2.05) is 60.5 Å². The monoisotopic (exact) mass is 1260 g/mol. The topological polar surface area (TPSA) is 311 Å². The number of amides is 7. The molecule has 1 fully saturated rings. The summed E-state index contributed by atoms with van der Waals surface area (Å²) < 4.78 is 5.82. The number of hydrogen-bond acceptors (Lipinski definition) is 18. The molecule has 1 aliphatic rings. The molecule has 7 amide bonds. The zero-order valence-corrected chi connectivity index (χ0v) is 55.2. The van der Waals surface area contributed by atoms with E-state index in [1.165, 1.54) is 48.0 Å². The van der Waals surface area contributed by atoms with Crippen molar-refractivity contribution in [1.29, 1.82) is 0 Å². The molecular weight excluding hydrogens is 1160 g/mol. The van der Waals surface area contributed by atoms with Crippen LogP contribution in [0.25, 0.3) is 0 Å². The van der Waals surface area contributed by atoms with Gasteiger partial charge < -0.3 is 46.0 Å². The number of ketones is 2. The molecule has 87 heavy (non-hydrogen) atoms. The van der Waals surface area contributed by atoms with Gasteiger partial charge in [0, 0.05) is 89.0 Å². The van der Waals surface area contributed by atoms with Crippen molar-refractivity contribution in [3.63, 3.8) is 0 Å². The molecule has 8 atom stereocenters. The predicted octanol–water partition coefficient (Wildman–Crippen LogP) is 6.41. The number of esters is 1. The number of aromatic hydroxyl groups is 1. The Labute approximate surface area is 522 Å². The van der Waals surface area contributed by atoms with Crippen molar-refractivity contribution in [2.24, 2.45) is 23.7 Å². The summed E-state index contributed by atoms with van der Waals surface area (Å²) in [4.78, 5) is 155. The number of ether oxygens (including phenoxy) is 1. The van der Waals surface area contributed by atoms with Gasteiger partial charge in [-0.25, -0.2) is 4.98 Å². The van der Waals surface area contributed by atoms with Gasteiger partial charge in [0.15, 0.2) is 17.7 Å². The van der Waals surface area contributed by atoms with Gasteiger partial charge >= 0.3 is 11.9 Å². The van der Waals surface area contributed by atoms with E-state index in [9.17, 15) is 63.0 Å². The van der Waals surface area contributed by atoms with E-state index < -0.39 is 76.5 Å². The maximum Gasteiger partial charge on any atom is 0.306 e. The molecule has 25 heteroatoms. The maximum absolute atomic E-state index is 14.4. The summed E-state index contributed by atoms with van der Waals surface area (Å²) in [5.41, 5.74) is -0.208. The summed E-state index contributed by atoms with van der Waals surface area (Å²) in [6.45, 7) is 15.0. The highest BCUT2D eigenvalue weighted by atomic mass is 32.2. The van der Waals surface area contributed by atoms with Crippen LogP contribution in [0, 0.1) is 23.7 Å². The molecule has 0 radical (unpaired) electrons. The lowest BCUT2D eigenvalue weighted by Gasteiger charge is -2.38. The number of carboxylic acid groups (broad SMARTS) is 1. The highest BCUT2D eigenvalue weighted by Crippen LogP contribution is 2.34. The number of aromatic nitrogens is 1. The lowest BCUT2D eigenvalue weighted by atomic mass is 9.81. The number of rotatable bonds is 40. The van der Waals surface area contributed by atoms with Crippen LogP contribution >= 0.6 is 23.1 Å². The molecule has 3 rings (SSSR count). The number of thiazole rings is 1.